The van der Waals surface area contributed by atoms with Crippen LogP contribution < -0.4 is 5.32 Å². The number of anilines is 2. The molecule has 8 heteroatoms. The summed E-state index contributed by atoms with van der Waals surface area (Å²) >= 11 is 1.63. The second kappa shape index (κ2) is 7.63. The Bertz CT molecular complexity index is 1040. The Kier molecular flexibility index (Phi) is 4.88. The quantitative estimate of drug-likeness (QED) is 0.518. The van der Waals surface area contributed by atoms with E-state index in [0.717, 1.165) is 27.8 Å². The largest absolute Gasteiger partial charge is 0.307 e. The van der Waals surface area contributed by atoms with Crippen molar-refractivity contribution in [2.45, 2.75) is 11.6 Å². The van der Waals surface area contributed by atoms with Crippen molar-refractivity contribution >= 4 is 23.5 Å². The van der Waals surface area contributed by atoms with Crippen molar-refractivity contribution in [1.29, 1.82) is 0 Å². The molecule has 27 heavy (non-hydrogen) atoms. The minimum Gasteiger partial charge on any atom is -0.307 e. The summed E-state index contributed by atoms with van der Waals surface area (Å²) < 4.78 is 3.80. The molecule has 1 N–H and O–H groups in total. The zero-order valence-corrected chi connectivity index (χ0v) is 15.9. The van der Waals surface area contributed by atoms with Crippen LogP contribution in [0.5, 0.6) is 0 Å². The van der Waals surface area contributed by atoms with Gasteiger partial charge in [-0.2, -0.15) is 5.10 Å². The highest BCUT2D eigenvalue weighted by Crippen LogP contribution is 2.24. The Morgan fingerprint density at radius 2 is 1.93 bits per heavy atom. The first kappa shape index (κ1) is 17.3. The van der Waals surface area contributed by atoms with E-state index in [1.165, 1.54) is 0 Å². The van der Waals surface area contributed by atoms with E-state index in [9.17, 15) is 0 Å². The lowest BCUT2D eigenvalue weighted by Crippen LogP contribution is -2.07. The van der Waals surface area contributed by atoms with Crippen molar-refractivity contribution in [2.24, 2.45) is 7.05 Å². The van der Waals surface area contributed by atoms with Crippen molar-refractivity contribution in [1.82, 2.24) is 29.5 Å². The summed E-state index contributed by atoms with van der Waals surface area (Å²) in [5, 5.41) is 17.4. The molecule has 0 amide bonds. The van der Waals surface area contributed by atoms with Crippen molar-refractivity contribution in [2.75, 3.05) is 11.6 Å². The minimum absolute atomic E-state index is 0.627. The summed E-state index contributed by atoms with van der Waals surface area (Å²) in [5.74, 6) is 2.18. The number of rotatable bonds is 6. The average Bonchev–Trinajstić information content (AvgIpc) is 3.29. The van der Waals surface area contributed by atoms with Gasteiger partial charge < -0.3 is 5.32 Å². The first-order valence-electron chi connectivity index (χ1n) is 8.47. The summed E-state index contributed by atoms with van der Waals surface area (Å²) in [5.41, 5.74) is 2.15. The summed E-state index contributed by atoms with van der Waals surface area (Å²) in [6.45, 7) is 0.627. The third kappa shape index (κ3) is 3.85. The molecular formula is C19H19N7S. The second-order valence-electron chi connectivity index (χ2n) is 6.01. The highest BCUT2D eigenvalue weighted by atomic mass is 32.2. The zero-order chi connectivity index (χ0) is 18.6. The molecule has 4 rings (SSSR count). The summed E-state index contributed by atoms with van der Waals surface area (Å²) in [4.78, 5) is 4.35. The Morgan fingerprint density at radius 3 is 2.67 bits per heavy atom. The lowest BCUT2D eigenvalue weighted by molar-refractivity contribution is 0.767. The summed E-state index contributed by atoms with van der Waals surface area (Å²) in [6.07, 6.45) is 5.74. The summed E-state index contributed by atoms with van der Waals surface area (Å²) in [7, 11) is 1.88. The maximum atomic E-state index is 4.42. The third-order valence-corrected chi connectivity index (χ3v) is 4.73. The number of thioether (sulfide) groups is 1. The second-order valence-corrected chi connectivity index (χ2v) is 6.83. The molecule has 0 spiro atoms. The maximum absolute atomic E-state index is 4.42. The normalized spacial score (nSPS) is 10.9. The summed E-state index contributed by atoms with van der Waals surface area (Å²) in [6, 6.07) is 16.1. The van der Waals surface area contributed by atoms with Crippen molar-refractivity contribution in [3.8, 4) is 11.4 Å². The van der Waals surface area contributed by atoms with Crippen LogP contribution in [0.25, 0.3) is 11.4 Å². The van der Waals surface area contributed by atoms with Gasteiger partial charge in [-0.05, 0) is 24.0 Å². The SMILES string of the molecule is CSc1cc(Cn2c(Nc3ccn(C)n3)nnc2-c2ccccc2)ccn1. The van der Waals surface area contributed by atoms with Crippen LogP contribution in [0.2, 0.25) is 0 Å². The lowest BCUT2D eigenvalue weighted by atomic mass is 10.2. The molecule has 136 valence electrons. The van der Waals surface area contributed by atoms with Crippen LogP contribution in [0.1, 0.15) is 5.56 Å². The van der Waals surface area contributed by atoms with Crippen molar-refractivity contribution in [3.05, 3.63) is 66.5 Å². The fourth-order valence-electron chi connectivity index (χ4n) is 2.79. The van der Waals surface area contributed by atoms with Gasteiger partial charge in [-0.15, -0.1) is 22.0 Å². The van der Waals surface area contributed by atoms with Crippen molar-refractivity contribution < 1.29 is 0 Å². The topological polar surface area (TPSA) is 73.5 Å². The van der Waals surface area contributed by atoms with E-state index in [-0.39, 0.29) is 0 Å². The number of hydrogen-bond donors (Lipinski definition) is 1. The van der Waals surface area contributed by atoms with Gasteiger partial charge in [-0.25, -0.2) is 4.98 Å². The molecule has 4 aromatic rings. The number of benzene rings is 1. The average molecular weight is 377 g/mol. The monoisotopic (exact) mass is 377 g/mol. The predicted octanol–water partition coefficient (Wildman–Crippen LogP) is 3.59. The smallest absolute Gasteiger partial charge is 0.230 e. The number of aromatic nitrogens is 6. The predicted molar refractivity (Wildman–Crippen MR) is 107 cm³/mol. The molecule has 0 aliphatic heterocycles. The number of nitrogens with zero attached hydrogens (tertiary/aromatic N) is 6. The van der Waals surface area contributed by atoms with Crippen LogP contribution in [-0.2, 0) is 13.6 Å². The minimum atomic E-state index is 0.627. The van der Waals surface area contributed by atoms with E-state index in [1.54, 1.807) is 16.4 Å². The molecule has 0 aliphatic carbocycles. The first-order valence-corrected chi connectivity index (χ1v) is 9.69. The fourth-order valence-corrected chi connectivity index (χ4v) is 3.22. The third-order valence-electron chi connectivity index (χ3n) is 4.09. The first-order chi connectivity index (χ1) is 13.2. The van der Waals surface area contributed by atoms with Crippen LogP contribution in [0.15, 0.2) is 66.0 Å². The van der Waals surface area contributed by atoms with Crippen LogP contribution in [0.3, 0.4) is 0 Å². The number of pyridine rings is 1. The maximum Gasteiger partial charge on any atom is 0.230 e. The van der Waals surface area contributed by atoms with Gasteiger partial charge >= 0.3 is 0 Å². The Balaban J connectivity index is 1.74. The Morgan fingerprint density at radius 1 is 1.07 bits per heavy atom. The van der Waals surface area contributed by atoms with Gasteiger partial charge in [0.15, 0.2) is 11.6 Å². The van der Waals surface area contributed by atoms with Gasteiger partial charge in [0.05, 0.1) is 11.6 Å². The number of aryl methyl sites for hydroxylation is 1. The molecule has 0 radical (unpaired) electrons. The van der Waals surface area contributed by atoms with E-state index in [0.29, 0.717) is 12.5 Å². The van der Waals surface area contributed by atoms with Gasteiger partial charge in [0.2, 0.25) is 5.95 Å². The Hall–Kier alpha value is -3.13. The molecular weight excluding hydrogens is 358 g/mol. The molecule has 0 atom stereocenters. The van der Waals surface area contributed by atoms with Gasteiger partial charge in [0.1, 0.15) is 0 Å². The molecule has 0 saturated carbocycles. The zero-order valence-electron chi connectivity index (χ0n) is 15.1. The molecule has 3 heterocycles. The molecule has 7 nitrogen and oxygen atoms in total. The number of hydrogen-bond acceptors (Lipinski definition) is 6. The molecule has 0 fully saturated rings. The van der Waals surface area contributed by atoms with E-state index < -0.39 is 0 Å². The standard InChI is InChI=1S/C19H19N7S/c1-25-11-9-16(24-25)21-19-23-22-18(15-6-4-3-5-7-15)26(19)13-14-8-10-20-17(12-14)27-2/h3-12H,13H2,1-2H3,(H,21,23,24). The molecule has 0 unspecified atom stereocenters. The van der Waals surface area contributed by atoms with Gasteiger partial charge in [-0.3, -0.25) is 9.25 Å². The van der Waals surface area contributed by atoms with E-state index >= 15 is 0 Å². The van der Waals surface area contributed by atoms with E-state index in [4.69, 9.17) is 0 Å². The van der Waals surface area contributed by atoms with Crippen LogP contribution >= 0.6 is 11.8 Å². The molecule has 1 aromatic carbocycles. The molecule has 0 aliphatic rings. The highest BCUT2D eigenvalue weighted by molar-refractivity contribution is 7.98. The van der Waals surface area contributed by atoms with Crippen LogP contribution in [-0.4, -0.2) is 35.8 Å². The Labute approximate surface area is 161 Å². The van der Waals surface area contributed by atoms with Gasteiger partial charge in [-0.1, -0.05) is 30.3 Å². The van der Waals surface area contributed by atoms with Gasteiger partial charge in [0.25, 0.3) is 0 Å². The van der Waals surface area contributed by atoms with Gasteiger partial charge in [0, 0.05) is 31.1 Å². The fraction of sp³-hybridized carbons (Fsp3) is 0.158. The van der Waals surface area contributed by atoms with Crippen LogP contribution in [0, 0.1) is 0 Å². The van der Waals surface area contributed by atoms with Crippen LogP contribution in [0.4, 0.5) is 11.8 Å². The van der Waals surface area contributed by atoms with Crippen molar-refractivity contribution in [3.63, 3.8) is 0 Å². The van der Waals surface area contributed by atoms with E-state index in [2.05, 4.69) is 36.2 Å². The van der Waals surface area contributed by atoms with E-state index in [1.807, 2.05) is 68.2 Å². The molecule has 3 aromatic heterocycles. The lowest BCUT2D eigenvalue weighted by Gasteiger charge is -2.11. The highest BCUT2D eigenvalue weighted by Gasteiger charge is 2.15. The molecule has 0 bridgehead atoms. The number of nitrogens with one attached hydrogen (secondary N) is 1. The molecule has 0 saturated heterocycles.